The third-order valence-electron chi connectivity index (χ3n) is 6.36. The van der Waals surface area contributed by atoms with E-state index in [0.29, 0.717) is 17.6 Å². The fraction of sp³-hybridized carbons (Fsp3) is 0.842. The standard InChI is InChI=1S/C19H32N6O.HI/c1-4-20-18(22-14-8-6-11-25-17(14)21-13(3)24-25)23-15-12-16(26-5-2)19(15)9-7-10-19;/h14-16H,4-12H2,1-3H3,(H2,20,22,23);1H. The van der Waals surface area contributed by atoms with Gasteiger partial charge in [-0.15, -0.1) is 24.0 Å². The number of aromatic nitrogens is 3. The minimum absolute atomic E-state index is 0. The first-order chi connectivity index (χ1) is 12.7. The number of rotatable bonds is 5. The van der Waals surface area contributed by atoms with Crippen LogP contribution in [0.25, 0.3) is 0 Å². The maximum atomic E-state index is 5.98. The molecule has 1 aromatic heterocycles. The summed E-state index contributed by atoms with van der Waals surface area (Å²) in [6.07, 6.45) is 7.55. The third-order valence-corrected chi connectivity index (χ3v) is 6.36. The summed E-state index contributed by atoms with van der Waals surface area (Å²) in [6, 6.07) is 0.650. The van der Waals surface area contributed by atoms with Gasteiger partial charge in [0.1, 0.15) is 11.6 Å². The van der Waals surface area contributed by atoms with Gasteiger partial charge in [0.25, 0.3) is 0 Å². The first kappa shape index (κ1) is 20.8. The van der Waals surface area contributed by atoms with Gasteiger partial charge in [-0.3, -0.25) is 4.99 Å². The number of hydrogen-bond acceptors (Lipinski definition) is 4. The maximum absolute atomic E-state index is 5.98. The summed E-state index contributed by atoms with van der Waals surface area (Å²) in [7, 11) is 0. The molecule has 2 fully saturated rings. The van der Waals surface area contributed by atoms with Crippen LogP contribution >= 0.6 is 24.0 Å². The minimum Gasteiger partial charge on any atom is -0.378 e. The van der Waals surface area contributed by atoms with Gasteiger partial charge in [0.05, 0.1) is 12.1 Å². The van der Waals surface area contributed by atoms with E-state index in [4.69, 9.17) is 9.73 Å². The molecule has 152 valence electrons. The minimum atomic E-state index is 0. The van der Waals surface area contributed by atoms with Gasteiger partial charge in [0, 0.05) is 31.2 Å². The Morgan fingerprint density at radius 2 is 2.11 bits per heavy atom. The van der Waals surface area contributed by atoms with E-state index in [-0.39, 0.29) is 30.0 Å². The molecule has 2 N–H and O–H groups in total. The van der Waals surface area contributed by atoms with Gasteiger partial charge in [0.2, 0.25) is 0 Å². The number of nitrogens with one attached hydrogen (secondary N) is 2. The summed E-state index contributed by atoms with van der Waals surface area (Å²) < 4.78 is 8.03. The second kappa shape index (κ2) is 8.63. The van der Waals surface area contributed by atoms with Gasteiger partial charge < -0.3 is 15.4 Å². The molecule has 0 radical (unpaired) electrons. The Morgan fingerprint density at radius 1 is 1.30 bits per heavy atom. The van der Waals surface area contributed by atoms with Crippen molar-refractivity contribution in [2.24, 2.45) is 10.4 Å². The lowest BCUT2D eigenvalue weighted by molar-refractivity contribution is -0.168. The van der Waals surface area contributed by atoms with E-state index in [1.165, 1.54) is 19.3 Å². The van der Waals surface area contributed by atoms with Crippen LogP contribution in [-0.4, -0.2) is 46.0 Å². The topological polar surface area (TPSA) is 76.4 Å². The molecule has 0 bridgehead atoms. The Balaban J connectivity index is 0.00000210. The van der Waals surface area contributed by atoms with Crippen LogP contribution < -0.4 is 10.6 Å². The molecule has 8 heteroatoms. The van der Waals surface area contributed by atoms with E-state index in [0.717, 1.165) is 56.6 Å². The average Bonchev–Trinajstić information content (AvgIpc) is 2.93. The number of hydrogen-bond donors (Lipinski definition) is 2. The summed E-state index contributed by atoms with van der Waals surface area (Å²) in [5.74, 6) is 2.80. The molecule has 1 aromatic rings. The van der Waals surface area contributed by atoms with Crippen LogP contribution in [-0.2, 0) is 11.3 Å². The predicted molar refractivity (Wildman–Crippen MR) is 116 cm³/mol. The average molecular weight is 488 g/mol. The van der Waals surface area contributed by atoms with Gasteiger partial charge in [-0.05, 0) is 52.9 Å². The van der Waals surface area contributed by atoms with Crippen molar-refractivity contribution in [1.82, 2.24) is 25.4 Å². The lowest BCUT2D eigenvalue weighted by atomic mass is 9.51. The molecule has 1 aliphatic heterocycles. The molecule has 27 heavy (non-hydrogen) atoms. The van der Waals surface area contributed by atoms with Crippen LogP contribution in [0, 0.1) is 12.3 Å². The van der Waals surface area contributed by atoms with Crippen molar-refractivity contribution < 1.29 is 4.74 Å². The highest BCUT2D eigenvalue weighted by Gasteiger charge is 2.59. The summed E-state index contributed by atoms with van der Waals surface area (Å²) in [6.45, 7) is 8.68. The molecule has 2 heterocycles. The highest BCUT2D eigenvalue weighted by Crippen LogP contribution is 2.57. The number of ether oxygens (including phenoxy) is 1. The van der Waals surface area contributed by atoms with Crippen LogP contribution in [0.3, 0.4) is 0 Å². The van der Waals surface area contributed by atoms with Crippen molar-refractivity contribution in [3.63, 3.8) is 0 Å². The van der Waals surface area contributed by atoms with Crippen LogP contribution in [0.1, 0.15) is 70.1 Å². The van der Waals surface area contributed by atoms with Gasteiger partial charge in [-0.1, -0.05) is 6.42 Å². The molecule has 0 amide bonds. The fourth-order valence-electron chi connectivity index (χ4n) is 4.87. The van der Waals surface area contributed by atoms with E-state index in [2.05, 4.69) is 34.6 Å². The molecule has 3 atom stereocenters. The van der Waals surface area contributed by atoms with Crippen LogP contribution in [0.5, 0.6) is 0 Å². The molecule has 4 rings (SSSR count). The summed E-state index contributed by atoms with van der Waals surface area (Å²) in [5.41, 5.74) is 0.329. The molecule has 1 spiro atoms. The van der Waals surface area contributed by atoms with E-state index >= 15 is 0 Å². The number of guanidine groups is 1. The third kappa shape index (κ3) is 3.83. The molecule has 0 saturated heterocycles. The second-order valence-electron chi connectivity index (χ2n) is 7.87. The highest BCUT2D eigenvalue weighted by atomic mass is 127. The van der Waals surface area contributed by atoms with Gasteiger partial charge in [0.15, 0.2) is 5.96 Å². The first-order valence-corrected chi connectivity index (χ1v) is 10.3. The highest BCUT2D eigenvalue weighted by molar-refractivity contribution is 14.0. The summed E-state index contributed by atoms with van der Waals surface area (Å²) >= 11 is 0. The number of aryl methyl sites for hydroxylation is 2. The zero-order chi connectivity index (χ0) is 18.1. The second-order valence-corrected chi connectivity index (χ2v) is 7.87. The van der Waals surface area contributed by atoms with Crippen LogP contribution in [0.2, 0.25) is 0 Å². The normalized spacial score (nSPS) is 28.6. The van der Waals surface area contributed by atoms with E-state index in [1.54, 1.807) is 0 Å². The Labute approximate surface area is 179 Å². The Hall–Kier alpha value is -0.900. The van der Waals surface area contributed by atoms with Crippen molar-refractivity contribution >= 4 is 29.9 Å². The van der Waals surface area contributed by atoms with Gasteiger partial charge >= 0.3 is 0 Å². The lowest BCUT2D eigenvalue weighted by Gasteiger charge is -2.61. The zero-order valence-corrected chi connectivity index (χ0v) is 19.0. The van der Waals surface area contributed by atoms with Gasteiger partial charge in [-0.2, -0.15) is 5.10 Å². The molecule has 0 aromatic carbocycles. The van der Waals surface area contributed by atoms with Crippen LogP contribution in [0.15, 0.2) is 4.99 Å². The van der Waals surface area contributed by atoms with E-state index in [1.807, 2.05) is 11.6 Å². The van der Waals surface area contributed by atoms with Crippen molar-refractivity contribution in [1.29, 1.82) is 0 Å². The molecule has 3 aliphatic rings. The van der Waals surface area contributed by atoms with Crippen molar-refractivity contribution in [3.05, 3.63) is 11.6 Å². The Morgan fingerprint density at radius 3 is 2.78 bits per heavy atom. The molecule has 2 saturated carbocycles. The number of nitrogens with zero attached hydrogens (tertiary/aromatic N) is 4. The predicted octanol–water partition coefficient (Wildman–Crippen LogP) is 2.94. The van der Waals surface area contributed by atoms with Crippen LogP contribution in [0.4, 0.5) is 0 Å². The lowest BCUT2D eigenvalue weighted by Crippen LogP contribution is -2.68. The van der Waals surface area contributed by atoms with E-state index < -0.39 is 0 Å². The summed E-state index contributed by atoms with van der Waals surface area (Å²) in [5, 5.41) is 11.9. The smallest absolute Gasteiger partial charge is 0.192 e. The molecular formula is C19H33IN6O. The Kier molecular flexibility index (Phi) is 6.66. The largest absolute Gasteiger partial charge is 0.378 e. The summed E-state index contributed by atoms with van der Waals surface area (Å²) in [4.78, 5) is 9.35. The SMILES string of the molecule is CCN=C(NC1CCCn2nc(C)nc21)NC1CC(OCC)C12CCC2.I. The number of fused-ring (bicyclic) bond motifs is 1. The van der Waals surface area contributed by atoms with E-state index in [9.17, 15) is 0 Å². The molecule has 2 aliphatic carbocycles. The monoisotopic (exact) mass is 488 g/mol. The van der Waals surface area contributed by atoms with Gasteiger partial charge in [-0.25, -0.2) is 9.67 Å². The zero-order valence-electron chi connectivity index (χ0n) is 16.7. The van der Waals surface area contributed by atoms with Crippen molar-refractivity contribution in [2.75, 3.05) is 13.2 Å². The molecular weight excluding hydrogens is 455 g/mol. The Bertz CT molecular complexity index is 671. The van der Waals surface area contributed by atoms with Crippen molar-refractivity contribution in [2.45, 2.75) is 84.0 Å². The number of aliphatic imine (C=N–C) groups is 1. The fourth-order valence-corrected chi connectivity index (χ4v) is 4.87. The van der Waals surface area contributed by atoms with Crippen molar-refractivity contribution in [3.8, 4) is 0 Å². The maximum Gasteiger partial charge on any atom is 0.192 e. The molecule has 7 nitrogen and oxygen atoms in total. The quantitative estimate of drug-likeness (QED) is 0.379. The first-order valence-electron chi connectivity index (χ1n) is 10.3. The number of halogens is 1. The molecule has 3 unspecified atom stereocenters.